The van der Waals surface area contributed by atoms with Gasteiger partial charge in [0.05, 0.1) is 10.6 Å². The minimum Gasteiger partial charge on any atom is -0.477 e. The fourth-order valence-electron chi connectivity index (χ4n) is 3.10. The van der Waals surface area contributed by atoms with Crippen LogP contribution in [0.2, 0.25) is 0 Å². The zero-order chi connectivity index (χ0) is 21.8. The maximum Gasteiger partial charge on any atom is 0.352 e. The van der Waals surface area contributed by atoms with Crippen molar-refractivity contribution in [3.05, 3.63) is 87.8 Å². The van der Waals surface area contributed by atoms with E-state index in [1.165, 1.54) is 29.5 Å². The van der Waals surface area contributed by atoms with Crippen LogP contribution in [-0.2, 0) is 11.2 Å². The highest BCUT2D eigenvalue weighted by Gasteiger charge is 2.18. The Morgan fingerprint density at radius 2 is 1.84 bits per heavy atom. The summed E-state index contributed by atoms with van der Waals surface area (Å²) in [5.41, 5.74) is 4.21. The van der Waals surface area contributed by atoms with Crippen molar-refractivity contribution in [2.45, 2.75) is 6.42 Å². The van der Waals surface area contributed by atoms with E-state index in [0.717, 1.165) is 22.0 Å². The number of nitrogens with zero attached hydrogens (tertiary/aromatic N) is 3. The first-order valence-corrected chi connectivity index (χ1v) is 10.1. The monoisotopic (exact) mass is 432 g/mol. The van der Waals surface area contributed by atoms with Crippen molar-refractivity contribution >= 4 is 44.6 Å². The van der Waals surface area contributed by atoms with Crippen LogP contribution >= 0.6 is 11.3 Å². The maximum absolute atomic E-state index is 11.6. The van der Waals surface area contributed by atoms with Crippen LogP contribution in [0.25, 0.3) is 22.0 Å². The molecule has 0 radical (unpaired) electrons. The Bertz CT molecular complexity index is 1320. The standard InChI is InChI=1S/C22H16N4O4S/c27-21(28)18(12-17-7-3-4-8-20(17)26(29)30)24-25-22-23-19(13-31-22)16-10-9-14-5-1-2-6-15(14)11-16/h1-11,13H,12H2,(H,23,25)(H,27,28)/b24-18+. The zero-order valence-electron chi connectivity index (χ0n) is 16.1. The lowest BCUT2D eigenvalue weighted by atomic mass is 10.1. The molecule has 0 aliphatic carbocycles. The molecule has 0 atom stereocenters. The van der Waals surface area contributed by atoms with E-state index in [9.17, 15) is 20.0 Å². The van der Waals surface area contributed by atoms with Gasteiger partial charge in [-0.15, -0.1) is 11.3 Å². The van der Waals surface area contributed by atoms with Gasteiger partial charge in [0.2, 0.25) is 5.13 Å². The molecule has 0 saturated heterocycles. The fourth-order valence-corrected chi connectivity index (χ4v) is 3.76. The van der Waals surface area contributed by atoms with Crippen molar-refractivity contribution in [1.82, 2.24) is 4.98 Å². The summed E-state index contributed by atoms with van der Waals surface area (Å²) in [5.74, 6) is -1.27. The first kappa shape index (κ1) is 20.2. The molecule has 0 aliphatic rings. The van der Waals surface area contributed by atoms with Crippen LogP contribution < -0.4 is 5.43 Å². The molecule has 0 saturated carbocycles. The first-order valence-electron chi connectivity index (χ1n) is 9.24. The van der Waals surface area contributed by atoms with Crippen LogP contribution in [-0.4, -0.2) is 26.7 Å². The number of nitro groups is 1. The van der Waals surface area contributed by atoms with E-state index in [4.69, 9.17) is 0 Å². The van der Waals surface area contributed by atoms with Crippen molar-refractivity contribution in [1.29, 1.82) is 0 Å². The molecule has 0 fully saturated rings. The third kappa shape index (κ3) is 4.57. The quantitative estimate of drug-likeness (QED) is 0.242. The zero-order valence-corrected chi connectivity index (χ0v) is 16.9. The number of hydrogen-bond acceptors (Lipinski definition) is 7. The van der Waals surface area contributed by atoms with Crippen molar-refractivity contribution in [2.24, 2.45) is 5.10 Å². The molecular weight excluding hydrogens is 416 g/mol. The summed E-state index contributed by atoms with van der Waals surface area (Å²) >= 11 is 1.29. The fraction of sp³-hybridized carbons (Fsp3) is 0.0455. The van der Waals surface area contributed by atoms with Crippen LogP contribution in [0.4, 0.5) is 10.8 Å². The van der Waals surface area contributed by atoms with Gasteiger partial charge in [-0.2, -0.15) is 5.10 Å². The van der Waals surface area contributed by atoms with E-state index >= 15 is 0 Å². The lowest BCUT2D eigenvalue weighted by Crippen LogP contribution is -2.18. The number of carboxylic acid groups (broad SMARTS) is 1. The van der Waals surface area contributed by atoms with Gasteiger partial charge < -0.3 is 5.11 Å². The number of nitrogens with one attached hydrogen (secondary N) is 1. The second-order valence-electron chi connectivity index (χ2n) is 6.64. The average molecular weight is 432 g/mol. The largest absolute Gasteiger partial charge is 0.477 e. The van der Waals surface area contributed by atoms with Gasteiger partial charge in [0.1, 0.15) is 5.71 Å². The van der Waals surface area contributed by atoms with Gasteiger partial charge in [0.15, 0.2) is 0 Å². The Hall–Kier alpha value is -4.11. The van der Waals surface area contributed by atoms with Crippen LogP contribution in [0.1, 0.15) is 5.56 Å². The van der Waals surface area contributed by atoms with Gasteiger partial charge >= 0.3 is 5.97 Å². The second kappa shape index (κ2) is 8.72. The van der Waals surface area contributed by atoms with Crippen LogP contribution in [0, 0.1) is 10.1 Å². The van der Waals surface area contributed by atoms with E-state index in [1.807, 2.05) is 47.8 Å². The average Bonchev–Trinajstić information content (AvgIpc) is 3.25. The third-order valence-electron chi connectivity index (χ3n) is 4.63. The SMILES string of the molecule is O=C(O)/C(Cc1ccccc1[N+](=O)[O-])=N/Nc1nc(-c2ccc3ccccc3c2)cs1. The number of benzene rings is 3. The molecule has 31 heavy (non-hydrogen) atoms. The molecule has 0 amide bonds. The number of thiazole rings is 1. The molecule has 1 aromatic heterocycles. The van der Waals surface area contributed by atoms with Crippen molar-refractivity contribution in [3.63, 3.8) is 0 Å². The van der Waals surface area contributed by atoms with Gasteiger partial charge in [-0.05, 0) is 16.8 Å². The minimum absolute atomic E-state index is 0.149. The van der Waals surface area contributed by atoms with Crippen LogP contribution in [0.5, 0.6) is 0 Å². The normalized spacial score (nSPS) is 11.4. The molecule has 8 nitrogen and oxygen atoms in total. The van der Waals surface area contributed by atoms with E-state index < -0.39 is 10.9 Å². The summed E-state index contributed by atoms with van der Waals surface area (Å²) in [5, 5.41) is 29.1. The number of para-hydroxylation sites is 1. The molecule has 9 heteroatoms. The van der Waals surface area contributed by atoms with Crippen molar-refractivity contribution in [2.75, 3.05) is 5.43 Å². The second-order valence-corrected chi connectivity index (χ2v) is 7.50. The Kier molecular flexibility index (Phi) is 5.67. The lowest BCUT2D eigenvalue weighted by Gasteiger charge is -2.04. The molecule has 1 heterocycles. The number of fused-ring (bicyclic) bond motifs is 1. The predicted molar refractivity (Wildman–Crippen MR) is 121 cm³/mol. The molecule has 0 unspecified atom stereocenters. The number of hydrazone groups is 1. The van der Waals surface area contributed by atoms with Gasteiger partial charge in [0, 0.05) is 29.0 Å². The van der Waals surface area contributed by atoms with Gasteiger partial charge in [-0.25, -0.2) is 9.78 Å². The number of rotatable bonds is 7. The van der Waals surface area contributed by atoms with E-state index in [1.54, 1.807) is 6.07 Å². The number of aromatic nitrogens is 1. The van der Waals surface area contributed by atoms with Gasteiger partial charge in [-0.3, -0.25) is 15.5 Å². The highest BCUT2D eigenvalue weighted by Crippen LogP contribution is 2.28. The summed E-state index contributed by atoms with van der Waals surface area (Å²) in [4.78, 5) is 26.7. The number of carboxylic acids is 1. The summed E-state index contributed by atoms with van der Waals surface area (Å²) < 4.78 is 0. The predicted octanol–water partition coefficient (Wildman–Crippen LogP) is 4.97. The summed E-state index contributed by atoms with van der Waals surface area (Å²) in [6.45, 7) is 0. The number of hydrogen-bond donors (Lipinski definition) is 2. The third-order valence-corrected chi connectivity index (χ3v) is 5.38. The smallest absolute Gasteiger partial charge is 0.352 e. The summed E-state index contributed by atoms with van der Waals surface area (Å²) in [6, 6.07) is 20.0. The van der Waals surface area contributed by atoms with Crippen LogP contribution in [0.3, 0.4) is 0 Å². The number of anilines is 1. The maximum atomic E-state index is 11.6. The Morgan fingerprint density at radius 1 is 1.10 bits per heavy atom. The molecular formula is C22H16N4O4S. The van der Waals surface area contributed by atoms with Crippen molar-refractivity contribution in [3.8, 4) is 11.3 Å². The highest BCUT2D eigenvalue weighted by molar-refractivity contribution is 7.14. The minimum atomic E-state index is -1.27. The number of carbonyl (C=O) groups is 1. The number of aliphatic carboxylic acids is 1. The molecule has 4 rings (SSSR count). The molecule has 154 valence electrons. The molecule has 3 aromatic carbocycles. The topological polar surface area (TPSA) is 118 Å². The molecule has 4 aromatic rings. The number of nitro benzene ring substituents is 1. The highest BCUT2D eigenvalue weighted by atomic mass is 32.1. The van der Waals surface area contributed by atoms with Gasteiger partial charge in [-0.1, -0.05) is 54.6 Å². The Morgan fingerprint density at radius 3 is 2.61 bits per heavy atom. The van der Waals surface area contributed by atoms with E-state index in [0.29, 0.717) is 5.13 Å². The van der Waals surface area contributed by atoms with E-state index in [-0.39, 0.29) is 23.4 Å². The molecule has 0 spiro atoms. The van der Waals surface area contributed by atoms with Crippen LogP contribution in [0.15, 0.2) is 77.2 Å². The Labute approximate surface area is 180 Å². The molecule has 2 N–H and O–H groups in total. The van der Waals surface area contributed by atoms with Gasteiger partial charge in [0.25, 0.3) is 5.69 Å². The molecule has 0 bridgehead atoms. The Balaban J connectivity index is 1.55. The first-order chi connectivity index (χ1) is 15.0. The lowest BCUT2D eigenvalue weighted by molar-refractivity contribution is -0.385. The van der Waals surface area contributed by atoms with E-state index in [2.05, 4.69) is 15.5 Å². The summed E-state index contributed by atoms with van der Waals surface area (Å²) in [7, 11) is 0. The van der Waals surface area contributed by atoms with Crippen molar-refractivity contribution < 1.29 is 14.8 Å². The summed E-state index contributed by atoms with van der Waals surface area (Å²) in [6.07, 6.45) is -0.192. The molecule has 0 aliphatic heterocycles.